The molecule has 0 radical (unpaired) electrons. The smallest absolute Gasteiger partial charge is 0.590 e. The molecule has 0 amide bonds. The van der Waals surface area contributed by atoms with E-state index in [0.29, 0.717) is 0 Å². The van der Waals surface area contributed by atoms with Gasteiger partial charge >= 0.3 is 45.5 Å². The van der Waals surface area contributed by atoms with E-state index < -0.39 is 0 Å². The molecule has 32 valence electrons. The van der Waals surface area contributed by atoms with Crippen LogP contribution in [0.4, 0.5) is 18.9 Å². The van der Waals surface area contributed by atoms with Gasteiger partial charge < -0.3 is 18.9 Å². The van der Waals surface area contributed by atoms with Gasteiger partial charge in [0.25, 0.3) is 0 Å². The van der Waals surface area contributed by atoms with Gasteiger partial charge in [-0.3, -0.25) is 0 Å². The molecule has 0 aliphatic rings. The van der Waals surface area contributed by atoms with Crippen molar-refractivity contribution in [3.63, 3.8) is 0 Å². The zero-order chi connectivity index (χ0) is 5.41. The van der Waals surface area contributed by atoms with Crippen molar-refractivity contribution < 1.29 is 18.9 Å². The summed E-state index contributed by atoms with van der Waals surface area (Å²) >= 11 is 0. The van der Waals surface area contributed by atoms with E-state index in [4.69, 9.17) is 0 Å². The fourth-order valence-corrected chi connectivity index (χ4v) is 0. The van der Waals surface area contributed by atoms with Crippen LogP contribution in [0.2, 0.25) is 0 Å². The second-order valence-corrected chi connectivity index (χ2v) is 0. The molecule has 0 spiro atoms. The van der Waals surface area contributed by atoms with Crippen LogP contribution >= 0.6 is 0 Å². The van der Waals surface area contributed by atoms with Crippen LogP contribution in [0.5, 0.6) is 0 Å². The zero-order valence-electron chi connectivity index (χ0n) is 4.22. The fourth-order valence-electron chi connectivity index (χ4n) is 0. The standard InChI is InChI=1S/2F2H.Sr/c2*1-3-2;/q2*-1;+2. The van der Waals surface area contributed by atoms with E-state index in [-0.39, 0.29) is 48.4 Å². The molecular weight excluding hydrogens is 164 g/mol. The van der Waals surface area contributed by atoms with E-state index in [1.165, 1.54) is 0 Å². The molecule has 0 unspecified atom stereocenters. The van der Waals surface area contributed by atoms with Crippen LogP contribution < -0.4 is 0 Å². The van der Waals surface area contributed by atoms with Crippen LogP contribution in [0, 0.1) is 0 Å². The largest absolute Gasteiger partial charge is 2.00 e. The fraction of sp³-hybridized carbons (Fsp3) is 0. The van der Waals surface area contributed by atoms with Gasteiger partial charge in [-0.15, -0.1) is 0 Å². The van der Waals surface area contributed by atoms with E-state index in [9.17, 15) is 18.9 Å². The third-order valence-electron chi connectivity index (χ3n) is 0. The third kappa shape index (κ3) is 37.0. The maximum Gasteiger partial charge on any atom is 2.00 e. The number of rotatable bonds is 0. The first kappa shape index (κ1) is 6.20. The Balaban J connectivity index is -0.0000000400. The van der Waals surface area contributed by atoms with E-state index in [1.807, 2.05) is 0 Å². The van der Waals surface area contributed by atoms with Gasteiger partial charge in [0.15, 0.2) is 2.95 Å². The first-order chi connectivity index (χ1) is 2.83. The van der Waals surface area contributed by atoms with E-state index in [0.717, 1.165) is 0 Å². The van der Waals surface area contributed by atoms with Crippen molar-refractivity contribution >= 4 is 45.5 Å². The van der Waals surface area contributed by atoms with Crippen LogP contribution in [0.15, 0.2) is 0 Å². The Labute approximate surface area is 66.8 Å². The number of halogens is 4. The summed E-state index contributed by atoms with van der Waals surface area (Å²) in [4.78, 5) is 0. The predicted octanol–water partition coefficient (Wildman–Crippen LogP) is 0.765. The predicted molar refractivity (Wildman–Crippen MR) is 13.0 cm³/mol. The number of hydrogen-bond acceptors (Lipinski definition) is 0. The molecule has 0 heterocycles. The van der Waals surface area contributed by atoms with Crippen molar-refractivity contribution in [3.8, 4) is 0 Å². The summed E-state index contributed by atoms with van der Waals surface area (Å²) in [5.74, 6) is 0. The molecule has 0 aliphatic heterocycles. The van der Waals surface area contributed by atoms with Gasteiger partial charge in [-0.25, -0.2) is 0 Å². The van der Waals surface area contributed by atoms with E-state index in [1.54, 1.807) is 0 Å². The maximum atomic E-state index is 9.38. The molecule has 5 heavy (non-hydrogen) atoms. The van der Waals surface area contributed by atoms with Crippen molar-refractivity contribution in [1.82, 2.24) is 0 Å². The number of hydrogen-bond donors (Lipinski definition) is 0. The van der Waals surface area contributed by atoms with Crippen molar-refractivity contribution in [2.75, 3.05) is 0 Å². The minimum Gasteiger partial charge on any atom is -0.590 e. The Morgan fingerprint density at radius 2 is 1.00 bits per heavy atom. The molecule has 0 saturated heterocycles. The van der Waals surface area contributed by atoms with Crippen molar-refractivity contribution in [2.45, 2.75) is 0 Å². The molecule has 0 nitrogen and oxygen atoms in total. The Morgan fingerprint density at radius 1 is 1.00 bits per heavy atom. The van der Waals surface area contributed by atoms with Gasteiger partial charge in [-0.05, 0) is 0 Å². The maximum absolute atomic E-state index is 9.38. The first-order valence-corrected chi connectivity index (χ1v) is 0. The van der Waals surface area contributed by atoms with E-state index in [2.05, 4.69) is 0 Å². The quantitative estimate of drug-likeness (QED) is 0.368. The minimum absolute atomic E-state index is 0. The molecule has 0 aromatic heterocycles. The molecule has 0 fully saturated rings. The molecule has 0 aromatic rings. The van der Waals surface area contributed by atoms with Gasteiger partial charge in [0.1, 0.15) is 0 Å². The van der Waals surface area contributed by atoms with Gasteiger partial charge in [-0.1, -0.05) is 0 Å². The van der Waals surface area contributed by atoms with Gasteiger partial charge in [-0.2, -0.15) is 0 Å². The molecule has 0 rings (SSSR count). The second-order valence-electron chi connectivity index (χ2n) is 0. The molecule has 0 aliphatic carbocycles. The van der Waals surface area contributed by atoms with Gasteiger partial charge in [0, 0.05) is 0 Å². The third-order valence-corrected chi connectivity index (χ3v) is 0. The van der Waals surface area contributed by atoms with Crippen molar-refractivity contribution in [1.29, 1.82) is 2.95 Å². The molecular formula is H2F4Sr. The Morgan fingerprint density at radius 3 is 1.00 bits per heavy atom. The van der Waals surface area contributed by atoms with Crippen LogP contribution in [0.3, 0.4) is 0 Å². The SMILES string of the molecule is F[H-]F.F[H-]F.[Sr+2]. The van der Waals surface area contributed by atoms with Crippen LogP contribution in [-0.2, 0) is 0 Å². The van der Waals surface area contributed by atoms with Crippen LogP contribution in [-0.4, -0.2) is 48.4 Å². The summed E-state index contributed by atoms with van der Waals surface area (Å²) in [6, 6.07) is 0. The van der Waals surface area contributed by atoms with Gasteiger partial charge in [0.2, 0.25) is 0 Å². The average Bonchev–Trinajstić information content (AvgIpc) is 1.39. The zero-order valence-corrected chi connectivity index (χ0v) is 5.70. The second kappa shape index (κ2) is 63.7. The van der Waals surface area contributed by atoms with Crippen LogP contribution in [0.1, 0.15) is 0 Å². The Hall–Kier alpha value is 1.20. The first-order valence-electron chi connectivity index (χ1n) is 1.51. The molecule has 0 bridgehead atoms. The molecule has 0 atom stereocenters. The summed E-state index contributed by atoms with van der Waals surface area (Å²) in [6.07, 6.45) is 0. The summed E-state index contributed by atoms with van der Waals surface area (Å²) in [5.41, 5.74) is 0. The molecule has 5 heteroatoms. The minimum atomic E-state index is -0.250. The van der Waals surface area contributed by atoms with Gasteiger partial charge in [0.05, 0.1) is 0 Å². The topological polar surface area (TPSA) is 0 Å². The Kier molecular flexibility index (Phi) is 79.0. The summed E-state index contributed by atoms with van der Waals surface area (Å²) < 4.78 is 37.0. The Bertz CT molecular complexity index is 11.7. The molecule has 0 saturated carbocycles. The average molecular weight is 166 g/mol. The normalized spacial score (nSPS) is 4.00. The van der Waals surface area contributed by atoms with E-state index >= 15 is 0 Å². The summed E-state index contributed by atoms with van der Waals surface area (Å²) in [7, 11) is 0. The van der Waals surface area contributed by atoms with Crippen molar-refractivity contribution in [3.05, 3.63) is 0 Å². The summed E-state index contributed by atoms with van der Waals surface area (Å²) in [5, 5.41) is 0. The molecule has 0 N–H and O–H groups in total. The van der Waals surface area contributed by atoms with Crippen LogP contribution in [0.25, 0.3) is 0 Å². The molecule has 0 aromatic carbocycles. The monoisotopic (exact) mass is 166 g/mol. The van der Waals surface area contributed by atoms with Crippen molar-refractivity contribution in [2.24, 2.45) is 0 Å². The summed E-state index contributed by atoms with van der Waals surface area (Å²) in [6.45, 7) is 0.